The maximum Gasteiger partial charge on any atom is 0.251 e. The first-order valence-corrected chi connectivity index (χ1v) is 9.39. The SMILES string of the molecule is CCCc1cc(=O)[nH]c(S[C@@H](C)C(=O)N2[C@@H](C)CCC[C@@H]2C)n1. The maximum absolute atomic E-state index is 12.8. The van der Waals surface area contributed by atoms with Gasteiger partial charge in [-0.15, -0.1) is 0 Å². The Hall–Kier alpha value is -1.30. The Labute approximate surface area is 142 Å². The number of nitrogens with zero attached hydrogens (tertiary/aromatic N) is 2. The van der Waals surface area contributed by atoms with Gasteiger partial charge in [-0.3, -0.25) is 9.59 Å². The van der Waals surface area contributed by atoms with E-state index in [9.17, 15) is 9.59 Å². The van der Waals surface area contributed by atoms with Crippen molar-refractivity contribution < 1.29 is 4.79 Å². The van der Waals surface area contributed by atoms with Crippen molar-refractivity contribution in [3.8, 4) is 0 Å². The number of amides is 1. The summed E-state index contributed by atoms with van der Waals surface area (Å²) in [6.07, 6.45) is 5.03. The van der Waals surface area contributed by atoms with Crippen LogP contribution in [-0.4, -0.2) is 38.1 Å². The highest BCUT2D eigenvalue weighted by atomic mass is 32.2. The molecule has 1 amide bonds. The van der Waals surface area contributed by atoms with Crippen molar-refractivity contribution in [3.05, 3.63) is 22.1 Å². The largest absolute Gasteiger partial charge is 0.336 e. The fourth-order valence-electron chi connectivity index (χ4n) is 3.21. The molecule has 2 rings (SSSR count). The first-order valence-electron chi connectivity index (χ1n) is 8.51. The molecule has 1 aromatic rings. The lowest BCUT2D eigenvalue weighted by Gasteiger charge is -2.40. The van der Waals surface area contributed by atoms with Crippen LogP contribution in [0.1, 0.15) is 59.1 Å². The Morgan fingerprint density at radius 1 is 1.43 bits per heavy atom. The first-order chi connectivity index (χ1) is 10.9. The van der Waals surface area contributed by atoms with Gasteiger partial charge in [0, 0.05) is 23.8 Å². The second-order valence-electron chi connectivity index (χ2n) is 6.43. The molecular weight excluding hydrogens is 310 g/mol. The van der Waals surface area contributed by atoms with E-state index in [1.165, 1.54) is 24.2 Å². The fraction of sp³-hybridized carbons (Fsp3) is 0.706. The van der Waals surface area contributed by atoms with Crippen molar-refractivity contribution in [3.63, 3.8) is 0 Å². The van der Waals surface area contributed by atoms with Gasteiger partial charge in [0.1, 0.15) is 0 Å². The first kappa shape index (κ1) is 18.0. The highest BCUT2D eigenvalue weighted by molar-refractivity contribution is 8.00. The lowest BCUT2D eigenvalue weighted by atomic mass is 9.97. The van der Waals surface area contributed by atoms with E-state index in [-0.39, 0.29) is 28.8 Å². The number of rotatable bonds is 5. The van der Waals surface area contributed by atoms with Crippen LogP contribution in [0.3, 0.4) is 0 Å². The Balaban J connectivity index is 2.10. The van der Waals surface area contributed by atoms with Gasteiger partial charge in [-0.05, 0) is 46.5 Å². The van der Waals surface area contributed by atoms with Crippen LogP contribution in [0.25, 0.3) is 0 Å². The molecule has 0 saturated carbocycles. The zero-order valence-corrected chi connectivity index (χ0v) is 15.3. The molecule has 1 aliphatic rings. The number of hydrogen-bond acceptors (Lipinski definition) is 4. The van der Waals surface area contributed by atoms with Gasteiger partial charge in [0.05, 0.1) is 5.25 Å². The highest BCUT2D eigenvalue weighted by Crippen LogP contribution is 2.27. The van der Waals surface area contributed by atoms with Crippen LogP contribution in [0.5, 0.6) is 0 Å². The lowest BCUT2D eigenvalue weighted by molar-refractivity contribution is -0.136. The van der Waals surface area contributed by atoms with Gasteiger partial charge in [-0.25, -0.2) is 4.98 Å². The smallest absolute Gasteiger partial charge is 0.251 e. The van der Waals surface area contributed by atoms with Gasteiger partial charge in [0.2, 0.25) is 5.91 Å². The number of aromatic amines is 1. The van der Waals surface area contributed by atoms with E-state index in [2.05, 4.69) is 30.7 Å². The molecule has 5 nitrogen and oxygen atoms in total. The van der Waals surface area contributed by atoms with Gasteiger partial charge in [-0.2, -0.15) is 0 Å². The van der Waals surface area contributed by atoms with Crippen molar-refractivity contribution in [2.45, 2.75) is 82.3 Å². The molecule has 3 atom stereocenters. The fourth-order valence-corrected chi connectivity index (χ4v) is 4.09. The third kappa shape index (κ3) is 4.59. The van der Waals surface area contributed by atoms with E-state index >= 15 is 0 Å². The zero-order valence-electron chi connectivity index (χ0n) is 14.5. The maximum atomic E-state index is 12.8. The van der Waals surface area contributed by atoms with Gasteiger partial charge in [-0.1, -0.05) is 25.1 Å². The zero-order chi connectivity index (χ0) is 17.0. The number of aromatic nitrogens is 2. The lowest BCUT2D eigenvalue weighted by Crippen LogP contribution is -2.50. The number of nitrogens with one attached hydrogen (secondary N) is 1. The van der Waals surface area contributed by atoms with Crippen molar-refractivity contribution in [1.82, 2.24) is 14.9 Å². The molecule has 23 heavy (non-hydrogen) atoms. The molecule has 0 radical (unpaired) electrons. The molecule has 1 N–H and O–H groups in total. The molecule has 0 aliphatic carbocycles. The minimum atomic E-state index is -0.252. The van der Waals surface area contributed by atoms with E-state index in [0.29, 0.717) is 5.16 Å². The van der Waals surface area contributed by atoms with Crippen LogP contribution in [0.15, 0.2) is 16.0 Å². The standard InChI is InChI=1S/C17H27N3O2S/c1-5-7-14-10-15(21)19-17(18-14)23-13(4)16(22)20-11(2)8-6-9-12(20)3/h10-13H,5-9H2,1-4H3,(H,18,19,21)/t11-,12-,13-/m0/s1. The summed E-state index contributed by atoms with van der Waals surface area (Å²) in [5, 5.41) is 0.289. The van der Waals surface area contributed by atoms with Crippen LogP contribution in [0.2, 0.25) is 0 Å². The molecule has 2 heterocycles. The minimum absolute atomic E-state index is 0.137. The number of H-pyrrole nitrogens is 1. The number of carbonyl (C=O) groups excluding carboxylic acids is 1. The van der Waals surface area contributed by atoms with Gasteiger partial charge in [0.15, 0.2) is 5.16 Å². The Kier molecular flexibility index (Phi) is 6.27. The monoisotopic (exact) mass is 337 g/mol. The summed E-state index contributed by atoms with van der Waals surface area (Å²) in [7, 11) is 0. The summed E-state index contributed by atoms with van der Waals surface area (Å²) >= 11 is 1.35. The van der Waals surface area contributed by atoms with Crippen LogP contribution in [-0.2, 0) is 11.2 Å². The van der Waals surface area contributed by atoms with E-state index in [1.54, 1.807) is 0 Å². The predicted octanol–water partition coefficient (Wildman–Crippen LogP) is 2.99. The van der Waals surface area contributed by atoms with E-state index in [0.717, 1.165) is 31.4 Å². The summed E-state index contributed by atoms with van der Waals surface area (Å²) in [5.41, 5.74) is 0.642. The van der Waals surface area contributed by atoms with Crippen LogP contribution >= 0.6 is 11.8 Å². The Morgan fingerprint density at radius 3 is 2.70 bits per heavy atom. The summed E-state index contributed by atoms with van der Waals surface area (Å²) in [6, 6.07) is 2.11. The van der Waals surface area contributed by atoms with Crippen LogP contribution in [0.4, 0.5) is 0 Å². The summed E-state index contributed by atoms with van der Waals surface area (Å²) in [4.78, 5) is 33.8. The second-order valence-corrected chi connectivity index (χ2v) is 7.76. The van der Waals surface area contributed by atoms with E-state index in [1.807, 2.05) is 11.8 Å². The highest BCUT2D eigenvalue weighted by Gasteiger charge is 2.32. The van der Waals surface area contributed by atoms with E-state index < -0.39 is 0 Å². The summed E-state index contributed by atoms with van der Waals surface area (Å²) in [5.74, 6) is 0.137. The summed E-state index contributed by atoms with van der Waals surface area (Å²) in [6.45, 7) is 8.19. The Bertz CT molecular complexity index is 592. The number of aryl methyl sites for hydroxylation is 1. The van der Waals surface area contributed by atoms with Crippen molar-refractivity contribution in [1.29, 1.82) is 0 Å². The molecule has 1 aliphatic heterocycles. The number of hydrogen-bond donors (Lipinski definition) is 1. The van der Waals surface area contributed by atoms with Gasteiger partial charge in [0.25, 0.3) is 5.56 Å². The third-order valence-electron chi connectivity index (χ3n) is 4.36. The molecule has 1 aromatic heterocycles. The Morgan fingerprint density at radius 2 is 2.09 bits per heavy atom. The van der Waals surface area contributed by atoms with Crippen LogP contribution in [0, 0.1) is 0 Å². The summed E-state index contributed by atoms with van der Waals surface area (Å²) < 4.78 is 0. The normalized spacial score (nSPS) is 22.9. The molecule has 1 fully saturated rings. The second kappa shape index (κ2) is 7.99. The molecule has 0 unspecified atom stereocenters. The van der Waals surface area contributed by atoms with Crippen LogP contribution < -0.4 is 5.56 Å². The van der Waals surface area contributed by atoms with E-state index in [4.69, 9.17) is 0 Å². The average molecular weight is 337 g/mol. The molecule has 6 heteroatoms. The molecule has 0 spiro atoms. The van der Waals surface area contributed by atoms with Gasteiger partial charge < -0.3 is 9.88 Å². The van der Waals surface area contributed by atoms with Crippen molar-refractivity contribution >= 4 is 17.7 Å². The molecular formula is C17H27N3O2S. The topological polar surface area (TPSA) is 66.1 Å². The quantitative estimate of drug-likeness (QED) is 0.662. The predicted molar refractivity (Wildman–Crippen MR) is 93.8 cm³/mol. The van der Waals surface area contributed by atoms with Crippen molar-refractivity contribution in [2.24, 2.45) is 0 Å². The number of thioether (sulfide) groups is 1. The number of piperidine rings is 1. The molecule has 0 bridgehead atoms. The van der Waals surface area contributed by atoms with Gasteiger partial charge >= 0.3 is 0 Å². The minimum Gasteiger partial charge on any atom is -0.336 e. The number of carbonyl (C=O) groups is 1. The van der Waals surface area contributed by atoms with Crippen molar-refractivity contribution in [2.75, 3.05) is 0 Å². The molecule has 0 aromatic carbocycles. The molecule has 1 saturated heterocycles. The third-order valence-corrected chi connectivity index (χ3v) is 5.34. The molecule has 128 valence electrons. The average Bonchev–Trinajstić information content (AvgIpc) is 2.46. The number of likely N-dealkylation sites (tertiary alicyclic amines) is 1.